The van der Waals surface area contributed by atoms with E-state index in [2.05, 4.69) is 30.9 Å². The van der Waals surface area contributed by atoms with Crippen LogP contribution in [0.3, 0.4) is 0 Å². The van der Waals surface area contributed by atoms with Crippen molar-refractivity contribution >= 4 is 5.69 Å². The first-order valence-corrected chi connectivity index (χ1v) is 6.12. The second-order valence-corrected chi connectivity index (χ2v) is 5.68. The standard InChI is InChI=1S/C14H22N2/c1-14(2)8-10-16(11-14)9-7-12-3-5-13(15)6-4-12/h3-6H,7-11,15H2,1-2H3. The molecule has 0 unspecified atom stereocenters. The maximum Gasteiger partial charge on any atom is 0.0314 e. The van der Waals surface area contributed by atoms with E-state index in [0.717, 1.165) is 12.1 Å². The van der Waals surface area contributed by atoms with Gasteiger partial charge in [-0.2, -0.15) is 0 Å². The van der Waals surface area contributed by atoms with Crippen LogP contribution in [0.25, 0.3) is 0 Å². The van der Waals surface area contributed by atoms with Crippen molar-refractivity contribution in [1.29, 1.82) is 0 Å². The molecule has 0 aromatic heterocycles. The minimum Gasteiger partial charge on any atom is -0.399 e. The van der Waals surface area contributed by atoms with Gasteiger partial charge in [-0.1, -0.05) is 26.0 Å². The highest BCUT2D eigenvalue weighted by molar-refractivity contribution is 5.39. The summed E-state index contributed by atoms with van der Waals surface area (Å²) in [7, 11) is 0. The van der Waals surface area contributed by atoms with E-state index in [1.807, 2.05) is 12.1 Å². The van der Waals surface area contributed by atoms with Crippen LogP contribution in [0.15, 0.2) is 24.3 Å². The first-order chi connectivity index (χ1) is 7.55. The lowest BCUT2D eigenvalue weighted by atomic mass is 9.93. The highest BCUT2D eigenvalue weighted by Crippen LogP contribution is 2.28. The minimum atomic E-state index is 0.515. The molecule has 88 valence electrons. The maximum atomic E-state index is 5.67. The van der Waals surface area contributed by atoms with Gasteiger partial charge < -0.3 is 10.6 Å². The topological polar surface area (TPSA) is 29.3 Å². The van der Waals surface area contributed by atoms with Crippen molar-refractivity contribution in [1.82, 2.24) is 4.90 Å². The van der Waals surface area contributed by atoms with Crippen LogP contribution in [-0.2, 0) is 6.42 Å². The molecule has 1 aromatic carbocycles. The molecule has 2 N–H and O–H groups in total. The number of benzene rings is 1. The number of nitrogen functional groups attached to an aromatic ring is 1. The van der Waals surface area contributed by atoms with Crippen LogP contribution in [-0.4, -0.2) is 24.5 Å². The SMILES string of the molecule is CC1(C)CCN(CCc2ccc(N)cc2)C1. The molecule has 1 aromatic rings. The third-order valence-electron chi connectivity index (χ3n) is 3.45. The normalized spacial score (nSPS) is 20.1. The molecular formula is C14H22N2. The van der Waals surface area contributed by atoms with E-state index in [1.165, 1.54) is 31.6 Å². The number of anilines is 1. The molecule has 0 radical (unpaired) electrons. The Balaban J connectivity index is 1.82. The van der Waals surface area contributed by atoms with Gasteiger partial charge >= 0.3 is 0 Å². The molecule has 0 bridgehead atoms. The number of nitrogens with zero attached hydrogens (tertiary/aromatic N) is 1. The fraction of sp³-hybridized carbons (Fsp3) is 0.571. The summed E-state index contributed by atoms with van der Waals surface area (Å²) in [6.45, 7) is 8.38. The van der Waals surface area contributed by atoms with Crippen LogP contribution in [0.2, 0.25) is 0 Å². The molecule has 16 heavy (non-hydrogen) atoms. The Kier molecular flexibility index (Phi) is 3.20. The number of hydrogen-bond donors (Lipinski definition) is 1. The van der Waals surface area contributed by atoms with Gasteiger partial charge in [0.1, 0.15) is 0 Å². The van der Waals surface area contributed by atoms with Crippen molar-refractivity contribution in [2.24, 2.45) is 5.41 Å². The highest BCUT2D eigenvalue weighted by atomic mass is 15.1. The molecule has 0 atom stereocenters. The summed E-state index contributed by atoms with van der Waals surface area (Å²) >= 11 is 0. The van der Waals surface area contributed by atoms with E-state index < -0.39 is 0 Å². The Bertz CT molecular complexity index is 340. The third-order valence-corrected chi connectivity index (χ3v) is 3.45. The fourth-order valence-electron chi connectivity index (χ4n) is 2.39. The molecule has 1 heterocycles. The largest absolute Gasteiger partial charge is 0.399 e. The molecule has 0 saturated carbocycles. The van der Waals surface area contributed by atoms with E-state index in [9.17, 15) is 0 Å². The van der Waals surface area contributed by atoms with Crippen molar-refractivity contribution in [2.75, 3.05) is 25.4 Å². The highest BCUT2D eigenvalue weighted by Gasteiger charge is 2.28. The van der Waals surface area contributed by atoms with Crippen LogP contribution in [0, 0.1) is 5.41 Å². The molecule has 1 aliphatic heterocycles. The fourth-order valence-corrected chi connectivity index (χ4v) is 2.39. The lowest BCUT2D eigenvalue weighted by molar-refractivity contribution is 0.294. The van der Waals surface area contributed by atoms with Crippen LogP contribution in [0.5, 0.6) is 0 Å². The molecule has 1 saturated heterocycles. The molecular weight excluding hydrogens is 196 g/mol. The second kappa shape index (κ2) is 4.46. The molecule has 2 rings (SSSR count). The van der Waals surface area contributed by atoms with Crippen LogP contribution < -0.4 is 5.73 Å². The first kappa shape index (κ1) is 11.5. The van der Waals surface area contributed by atoms with Gasteiger partial charge in [0.15, 0.2) is 0 Å². The van der Waals surface area contributed by atoms with Crippen LogP contribution in [0.4, 0.5) is 5.69 Å². The van der Waals surface area contributed by atoms with E-state index in [-0.39, 0.29) is 0 Å². The lowest BCUT2D eigenvalue weighted by Gasteiger charge is -2.19. The second-order valence-electron chi connectivity index (χ2n) is 5.68. The third kappa shape index (κ3) is 2.99. The van der Waals surface area contributed by atoms with Crippen molar-refractivity contribution in [3.05, 3.63) is 29.8 Å². The summed E-state index contributed by atoms with van der Waals surface area (Å²) in [5, 5.41) is 0. The number of rotatable bonds is 3. The monoisotopic (exact) mass is 218 g/mol. The zero-order valence-electron chi connectivity index (χ0n) is 10.4. The Morgan fingerprint density at radius 1 is 1.25 bits per heavy atom. The van der Waals surface area contributed by atoms with Gasteiger partial charge in [0.05, 0.1) is 0 Å². The quantitative estimate of drug-likeness (QED) is 0.790. The summed E-state index contributed by atoms with van der Waals surface area (Å²) in [6, 6.07) is 8.25. The summed E-state index contributed by atoms with van der Waals surface area (Å²) in [5.41, 5.74) is 8.43. The number of likely N-dealkylation sites (tertiary alicyclic amines) is 1. The smallest absolute Gasteiger partial charge is 0.0314 e. The van der Waals surface area contributed by atoms with Crippen LogP contribution >= 0.6 is 0 Å². The van der Waals surface area contributed by atoms with Gasteiger partial charge in [-0.05, 0) is 42.5 Å². The predicted molar refractivity (Wildman–Crippen MR) is 69.4 cm³/mol. The van der Waals surface area contributed by atoms with Crippen molar-refractivity contribution in [3.8, 4) is 0 Å². The summed E-state index contributed by atoms with van der Waals surface area (Å²) in [4.78, 5) is 2.57. The number of hydrogen-bond acceptors (Lipinski definition) is 2. The molecule has 2 heteroatoms. The summed E-state index contributed by atoms with van der Waals surface area (Å²) < 4.78 is 0. The van der Waals surface area contributed by atoms with Crippen molar-refractivity contribution in [3.63, 3.8) is 0 Å². The Hall–Kier alpha value is -1.02. The lowest BCUT2D eigenvalue weighted by Crippen LogP contribution is -2.25. The Labute approximate surface area is 98.4 Å². The average Bonchev–Trinajstić information content (AvgIpc) is 2.58. The minimum absolute atomic E-state index is 0.515. The maximum absolute atomic E-state index is 5.67. The van der Waals surface area contributed by atoms with Crippen molar-refractivity contribution < 1.29 is 0 Å². The Morgan fingerprint density at radius 2 is 1.94 bits per heavy atom. The zero-order valence-corrected chi connectivity index (χ0v) is 10.4. The van der Waals surface area contributed by atoms with E-state index in [0.29, 0.717) is 5.41 Å². The molecule has 0 spiro atoms. The van der Waals surface area contributed by atoms with Crippen LogP contribution in [0.1, 0.15) is 25.8 Å². The zero-order chi connectivity index (χ0) is 11.6. The predicted octanol–water partition coefficient (Wildman–Crippen LogP) is 2.54. The summed E-state index contributed by atoms with van der Waals surface area (Å²) in [6.07, 6.45) is 2.46. The molecule has 2 nitrogen and oxygen atoms in total. The molecule has 0 aliphatic carbocycles. The first-order valence-electron chi connectivity index (χ1n) is 6.12. The summed E-state index contributed by atoms with van der Waals surface area (Å²) in [5.74, 6) is 0. The van der Waals surface area contributed by atoms with E-state index in [1.54, 1.807) is 0 Å². The van der Waals surface area contributed by atoms with Gasteiger partial charge in [-0.25, -0.2) is 0 Å². The van der Waals surface area contributed by atoms with Gasteiger partial charge in [-0.3, -0.25) is 0 Å². The van der Waals surface area contributed by atoms with E-state index >= 15 is 0 Å². The Morgan fingerprint density at radius 3 is 2.50 bits per heavy atom. The molecule has 1 fully saturated rings. The van der Waals surface area contributed by atoms with Gasteiger partial charge in [0.2, 0.25) is 0 Å². The van der Waals surface area contributed by atoms with E-state index in [4.69, 9.17) is 5.73 Å². The van der Waals surface area contributed by atoms with Gasteiger partial charge in [0.25, 0.3) is 0 Å². The average molecular weight is 218 g/mol. The van der Waals surface area contributed by atoms with Gasteiger partial charge in [-0.15, -0.1) is 0 Å². The molecule has 1 aliphatic rings. The van der Waals surface area contributed by atoms with Crippen molar-refractivity contribution in [2.45, 2.75) is 26.7 Å². The molecule has 0 amide bonds. The van der Waals surface area contributed by atoms with Gasteiger partial charge in [0, 0.05) is 18.8 Å². The number of nitrogens with two attached hydrogens (primary N) is 1.